The molecule has 1 amide bonds. The Hall–Kier alpha value is -0.770. The maximum Gasteiger partial charge on any atom is 0.228 e. The van der Waals surface area contributed by atoms with Crippen molar-refractivity contribution < 1.29 is 29.6 Å². The van der Waals surface area contributed by atoms with Crippen molar-refractivity contribution in [3.63, 3.8) is 0 Å². The van der Waals surface area contributed by atoms with Crippen molar-refractivity contribution in [1.82, 2.24) is 5.32 Å². The number of hydrogen-bond donors (Lipinski definition) is 5. The van der Waals surface area contributed by atoms with Crippen molar-refractivity contribution in [2.24, 2.45) is 23.5 Å². The van der Waals surface area contributed by atoms with Gasteiger partial charge in [-0.05, 0) is 51.4 Å². The van der Waals surface area contributed by atoms with Gasteiger partial charge in [0.15, 0.2) is 6.29 Å². The van der Waals surface area contributed by atoms with Gasteiger partial charge in [0.25, 0.3) is 0 Å². The Labute approximate surface area is 193 Å². The Morgan fingerprint density at radius 3 is 2.47 bits per heavy atom. The third-order valence-corrected chi connectivity index (χ3v) is 7.35. The largest absolute Gasteiger partial charge is 0.392 e. The molecule has 32 heavy (non-hydrogen) atoms. The summed E-state index contributed by atoms with van der Waals surface area (Å²) in [4.78, 5) is 13.1. The van der Waals surface area contributed by atoms with Crippen LogP contribution < -0.4 is 11.1 Å². The fraction of sp³-hybridized carbons (Fsp3) is 0.958. The average molecular weight is 459 g/mol. The highest BCUT2D eigenvalue weighted by molar-refractivity contribution is 5.79. The molecule has 0 aromatic heterocycles. The van der Waals surface area contributed by atoms with Crippen LogP contribution in [0.15, 0.2) is 0 Å². The molecule has 2 rings (SSSR count). The first-order valence-corrected chi connectivity index (χ1v) is 12.5. The molecule has 8 nitrogen and oxygen atoms in total. The van der Waals surface area contributed by atoms with Crippen molar-refractivity contribution in [1.29, 1.82) is 0 Å². The molecule has 188 valence electrons. The summed E-state index contributed by atoms with van der Waals surface area (Å²) in [5, 5.41) is 34.1. The van der Waals surface area contributed by atoms with Gasteiger partial charge in [-0.2, -0.15) is 0 Å². The summed E-state index contributed by atoms with van der Waals surface area (Å²) in [6.45, 7) is 8.27. The van der Waals surface area contributed by atoms with E-state index < -0.39 is 48.8 Å². The molecule has 6 N–H and O–H groups in total. The summed E-state index contributed by atoms with van der Waals surface area (Å²) in [6.07, 6.45) is 2.59. The van der Waals surface area contributed by atoms with Gasteiger partial charge in [-0.1, -0.05) is 39.5 Å². The number of ether oxygens (including phenoxy) is 2. The molecule has 0 aliphatic carbocycles. The van der Waals surface area contributed by atoms with Crippen LogP contribution in [0.25, 0.3) is 0 Å². The Bertz CT molecular complexity index is 563. The molecule has 2 aliphatic rings. The van der Waals surface area contributed by atoms with Crippen LogP contribution in [0.3, 0.4) is 0 Å². The van der Waals surface area contributed by atoms with Gasteiger partial charge >= 0.3 is 0 Å². The Kier molecular flexibility index (Phi) is 11.3. The van der Waals surface area contributed by atoms with Gasteiger partial charge in [-0.15, -0.1) is 0 Å². The van der Waals surface area contributed by atoms with Crippen LogP contribution >= 0.6 is 0 Å². The number of carbonyl (C=O) groups excluding carboxylic acids is 1. The van der Waals surface area contributed by atoms with E-state index in [0.29, 0.717) is 24.8 Å². The van der Waals surface area contributed by atoms with Crippen molar-refractivity contribution >= 4 is 5.91 Å². The second-order valence-electron chi connectivity index (χ2n) is 10.0. The van der Waals surface area contributed by atoms with Gasteiger partial charge in [-0.25, -0.2) is 0 Å². The number of aliphatic hydroxyl groups is 3. The lowest BCUT2D eigenvalue weighted by molar-refractivity contribution is -0.287. The lowest BCUT2D eigenvalue weighted by atomic mass is 9.86. The van der Waals surface area contributed by atoms with Gasteiger partial charge in [0.2, 0.25) is 5.91 Å². The number of carbonyl (C=O) groups is 1. The van der Waals surface area contributed by atoms with E-state index in [9.17, 15) is 20.1 Å². The molecule has 2 heterocycles. The van der Waals surface area contributed by atoms with E-state index in [2.05, 4.69) is 19.2 Å². The zero-order valence-electron chi connectivity index (χ0n) is 20.3. The monoisotopic (exact) mass is 458 g/mol. The minimum Gasteiger partial charge on any atom is -0.392 e. The van der Waals surface area contributed by atoms with E-state index in [0.717, 1.165) is 32.1 Å². The van der Waals surface area contributed by atoms with Crippen molar-refractivity contribution in [3.8, 4) is 0 Å². The van der Waals surface area contributed by atoms with Gasteiger partial charge in [0.1, 0.15) is 6.10 Å². The molecule has 2 fully saturated rings. The molecule has 0 bridgehead atoms. The minimum absolute atomic E-state index is 0.245. The third kappa shape index (κ3) is 7.64. The summed E-state index contributed by atoms with van der Waals surface area (Å²) in [5.41, 5.74) is 5.96. The summed E-state index contributed by atoms with van der Waals surface area (Å²) in [6, 6.07) is -0.911. The first-order valence-electron chi connectivity index (χ1n) is 12.5. The molecule has 10 atom stereocenters. The van der Waals surface area contributed by atoms with Crippen LogP contribution in [-0.2, 0) is 14.3 Å². The molecule has 0 radical (unpaired) electrons. The average Bonchev–Trinajstić information content (AvgIpc) is 2.74. The van der Waals surface area contributed by atoms with Gasteiger partial charge in [0.05, 0.1) is 36.4 Å². The standard InChI is InChI=1S/C24H46N2O6/c1-5-17-9-6-8-14(2)11-12-18(19(15(3)27)23(30)26-13-7-10-17)32-24-22(29)20(25)21(28)16(4)31-24/h14-22,24,27-29H,5-13,25H2,1-4H3,(H,26,30). The number of aliphatic hydroxyl groups excluding tert-OH is 3. The van der Waals surface area contributed by atoms with Gasteiger partial charge < -0.3 is 35.8 Å². The SMILES string of the molecule is CCC1CCCNC(=O)C(C(C)O)C(OC2OC(C)C(O)C(N)C2O)CCC(C)CCC1. The van der Waals surface area contributed by atoms with Crippen LogP contribution in [0.2, 0.25) is 0 Å². The number of amides is 1. The Balaban J connectivity index is 2.17. The topological polar surface area (TPSA) is 134 Å². The number of nitrogens with one attached hydrogen (secondary N) is 1. The molecular formula is C24H46N2O6. The molecule has 10 unspecified atom stereocenters. The minimum atomic E-state index is -1.23. The van der Waals surface area contributed by atoms with E-state index in [-0.39, 0.29) is 5.91 Å². The molecule has 0 aromatic carbocycles. The molecule has 2 aliphatic heterocycles. The summed E-state index contributed by atoms with van der Waals surface area (Å²) >= 11 is 0. The van der Waals surface area contributed by atoms with Crippen LogP contribution in [0.1, 0.15) is 79.1 Å². The molecule has 0 spiro atoms. The first kappa shape index (κ1) is 27.5. The van der Waals surface area contributed by atoms with Crippen molar-refractivity contribution in [2.75, 3.05) is 6.54 Å². The summed E-state index contributed by atoms with van der Waals surface area (Å²) < 4.78 is 11.8. The Morgan fingerprint density at radius 2 is 1.81 bits per heavy atom. The van der Waals surface area contributed by atoms with E-state index in [1.54, 1.807) is 13.8 Å². The molecule has 0 aromatic rings. The fourth-order valence-corrected chi connectivity index (χ4v) is 5.01. The van der Waals surface area contributed by atoms with Gasteiger partial charge in [-0.3, -0.25) is 4.79 Å². The lowest BCUT2D eigenvalue weighted by Gasteiger charge is -2.42. The van der Waals surface area contributed by atoms with E-state index >= 15 is 0 Å². The first-order chi connectivity index (χ1) is 15.1. The molecule has 0 saturated carbocycles. The second-order valence-corrected chi connectivity index (χ2v) is 10.0. The number of hydrogen-bond acceptors (Lipinski definition) is 7. The van der Waals surface area contributed by atoms with Crippen LogP contribution in [0.5, 0.6) is 0 Å². The molecule has 8 heteroatoms. The summed E-state index contributed by atoms with van der Waals surface area (Å²) in [7, 11) is 0. The second kappa shape index (κ2) is 13.2. The van der Waals surface area contributed by atoms with Crippen LogP contribution in [0.4, 0.5) is 0 Å². The van der Waals surface area contributed by atoms with Crippen molar-refractivity contribution in [2.45, 2.75) is 122 Å². The van der Waals surface area contributed by atoms with Crippen LogP contribution in [-0.4, -0.2) is 70.6 Å². The van der Waals surface area contributed by atoms with E-state index in [1.807, 2.05) is 0 Å². The van der Waals surface area contributed by atoms with E-state index in [1.165, 1.54) is 12.8 Å². The third-order valence-electron chi connectivity index (χ3n) is 7.35. The molecule has 2 saturated heterocycles. The van der Waals surface area contributed by atoms with Crippen molar-refractivity contribution in [3.05, 3.63) is 0 Å². The van der Waals surface area contributed by atoms with E-state index in [4.69, 9.17) is 15.2 Å². The zero-order chi connectivity index (χ0) is 23.8. The fourth-order valence-electron chi connectivity index (χ4n) is 5.01. The quantitative estimate of drug-likeness (QED) is 0.433. The highest BCUT2D eigenvalue weighted by atomic mass is 16.7. The highest BCUT2D eigenvalue weighted by Gasteiger charge is 2.44. The van der Waals surface area contributed by atoms with Gasteiger partial charge in [0, 0.05) is 6.54 Å². The summed E-state index contributed by atoms with van der Waals surface area (Å²) in [5.74, 6) is 0.114. The number of rotatable bonds is 4. The highest BCUT2D eigenvalue weighted by Crippen LogP contribution is 2.29. The zero-order valence-corrected chi connectivity index (χ0v) is 20.3. The normalized spacial score (nSPS) is 42.0. The predicted molar refractivity (Wildman–Crippen MR) is 123 cm³/mol. The maximum absolute atomic E-state index is 13.1. The van der Waals surface area contributed by atoms with Crippen LogP contribution in [0, 0.1) is 17.8 Å². The number of nitrogens with two attached hydrogens (primary N) is 1. The predicted octanol–water partition coefficient (Wildman–Crippen LogP) is 1.69. The maximum atomic E-state index is 13.1. The Morgan fingerprint density at radius 1 is 1.12 bits per heavy atom. The smallest absolute Gasteiger partial charge is 0.228 e. The lowest BCUT2D eigenvalue weighted by Crippen LogP contribution is -2.62. The molecular weight excluding hydrogens is 412 g/mol.